The largest absolute Gasteiger partial charge is 0.456 e. The summed E-state index contributed by atoms with van der Waals surface area (Å²) < 4.78 is 8.46. The van der Waals surface area contributed by atoms with Gasteiger partial charge in [-0.25, -0.2) is 0 Å². The molecule has 0 aliphatic rings. The minimum atomic E-state index is 0.918. The molecule has 206 valence electrons. The smallest absolute Gasteiger partial charge is 0.135 e. The number of hydrogen-bond acceptors (Lipinski definition) is 1. The summed E-state index contributed by atoms with van der Waals surface area (Å²) in [6.07, 6.45) is 0. The van der Waals surface area contributed by atoms with Gasteiger partial charge in [-0.05, 0) is 81.9 Å². The van der Waals surface area contributed by atoms with E-state index in [-0.39, 0.29) is 0 Å². The van der Waals surface area contributed by atoms with E-state index in [1.54, 1.807) is 0 Å². The minimum Gasteiger partial charge on any atom is -0.456 e. The lowest BCUT2D eigenvalue weighted by Crippen LogP contribution is -1.96. The van der Waals surface area contributed by atoms with Gasteiger partial charge in [-0.1, -0.05) is 115 Å². The summed E-state index contributed by atoms with van der Waals surface area (Å²) in [4.78, 5) is 0. The van der Waals surface area contributed by atoms with Crippen LogP contribution in [0.2, 0.25) is 0 Å². The van der Waals surface area contributed by atoms with Crippen molar-refractivity contribution in [3.8, 4) is 39.1 Å². The number of rotatable bonds is 4. The van der Waals surface area contributed by atoms with Crippen LogP contribution in [0.15, 0.2) is 168 Å². The lowest BCUT2D eigenvalue weighted by atomic mass is 9.96. The number of furan rings is 1. The van der Waals surface area contributed by atoms with Gasteiger partial charge >= 0.3 is 0 Å². The predicted octanol–water partition coefficient (Wildman–Crippen LogP) is 11.7. The molecule has 44 heavy (non-hydrogen) atoms. The Hall–Kier alpha value is -5.86. The molecule has 0 saturated heterocycles. The first-order valence-electron chi connectivity index (χ1n) is 15.0. The van der Waals surface area contributed by atoms with Crippen LogP contribution in [-0.2, 0) is 0 Å². The van der Waals surface area contributed by atoms with E-state index < -0.39 is 0 Å². The second-order valence-electron chi connectivity index (χ2n) is 11.4. The first-order valence-corrected chi connectivity index (χ1v) is 15.0. The maximum Gasteiger partial charge on any atom is 0.135 e. The van der Waals surface area contributed by atoms with Crippen LogP contribution < -0.4 is 0 Å². The van der Waals surface area contributed by atoms with Gasteiger partial charge in [-0.3, -0.25) is 0 Å². The van der Waals surface area contributed by atoms with Crippen LogP contribution in [0.4, 0.5) is 0 Å². The third-order valence-electron chi connectivity index (χ3n) is 8.79. The molecule has 9 rings (SSSR count). The second-order valence-corrected chi connectivity index (χ2v) is 11.4. The molecule has 0 aliphatic heterocycles. The van der Waals surface area contributed by atoms with Crippen molar-refractivity contribution in [2.24, 2.45) is 0 Å². The van der Waals surface area contributed by atoms with Crippen molar-refractivity contribution in [1.29, 1.82) is 0 Å². The maximum atomic E-state index is 6.06. The first-order chi connectivity index (χ1) is 21.8. The van der Waals surface area contributed by atoms with Crippen molar-refractivity contribution in [3.63, 3.8) is 0 Å². The monoisotopic (exact) mass is 561 g/mol. The average Bonchev–Trinajstić information content (AvgIpc) is 3.64. The van der Waals surface area contributed by atoms with Crippen molar-refractivity contribution >= 4 is 43.7 Å². The highest BCUT2D eigenvalue weighted by Gasteiger charge is 2.14. The second kappa shape index (κ2) is 9.86. The lowest BCUT2D eigenvalue weighted by Gasteiger charge is -2.14. The predicted molar refractivity (Wildman–Crippen MR) is 184 cm³/mol. The molecule has 2 heteroatoms. The standard InChI is InChI=1S/C42H27NO/c1-2-10-28(11-3-1)32-24-33(26-34(25-32)43-39-15-7-4-12-35(39)36-13-5-8-16-40(36)43)30-20-18-29(19-21-30)31-22-23-42-38(27-31)37-14-6-9-17-41(37)44-42/h1-27H. The highest BCUT2D eigenvalue weighted by Crippen LogP contribution is 2.37. The fraction of sp³-hybridized carbons (Fsp3) is 0. The topological polar surface area (TPSA) is 18.1 Å². The van der Waals surface area contributed by atoms with Crippen molar-refractivity contribution < 1.29 is 4.42 Å². The van der Waals surface area contributed by atoms with Gasteiger partial charge in [0.15, 0.2) is 0 Å². The summed E-state index contributed by atoms with van der Waals surface area (Å²) in [7, 11) is 0. The van der Waals surface area contributed by atoms with E-state index in [1.807, 2.05) is 12.1 Å². The first kappa shape index (κ1) is 24.7. The summed E-state index contributed by atoms with van der Waals surface area (Å²) in [6.45, 7) is 0. The summed E-state index contributed by atoms with van der Waals surface area (Å²) in [5, 5.41) is 4.83. The van der Waals surface area contributed by atoms with Crippen LogP contribution in [-0.4, -0.2) is 4.57 Å². The Morgan fingerprint density at radius 2 is 0.818 bits per heavy atom. The molecule has 2 heterocycles. The molecule has 0 saturated carbocycles. The van der Waals surface area contributed by atoms with Gasteiger partial charge in [0.2, 0.25) is 0 Å². The van der Waals surface area contributed by atoms with Crippen LogP contribution in [0.1, 0.15) is 0 Å². The molecule has 2 nitrogen and oxygen atoms in total. The molecule has 0 bridgehead atoms. The Morgan fingerprint density at radius 3 is 1.50 bits per heavy atom. The van der Waals surface area contributed by atoms with E-state index in [0.717, 1.165) is 27.6 Å². The van der Waals surface area contributed by atoms with E-state index in [2.05, 4.69) is 156 Å². The molecule has 0 spiro atoms. The number of nitrogens with zero attached hydrogens (tertiary/aromatic N) is 1. The molecule has 2 aromatic heterocycles. The Balaban J connectivity index is 1.19. The van der Waals surface area contributed by atoms with Gasteiger partial charge in [0, 0.05) is 27.2 Å². The van der Waals surface area contributed by atoms with E-state index in [1.165, 1.54) is 55.2 Å². The molecule has 0 aliphatic carbocycles. The highest BCUT2D eigenvalue weighted by molar-refractivity contribution is 6.09. The van der Waals surface area contributed by atoms with Crippen LogP contribution >= 0.6 is 0 Å². The molecule has 0 fully saturated rings. The molecule has 9 aromatic rings. The molecule has 0 unspecified atom stereocenters. The Bertz CT molecular complexity index is 2430. The van der Waals surface area contributed by atoms with Crippen LogP contribution in [0.3, 0.4) is 0 Å². The fourth-order valence-electron chi connectivity index (χ4n) is 6.67. The van der Waals surface area contributed by atoms with Gasteiger partial charge in [0.1, 0.15) is 11.2 Å². The Kier molecular flexibility index (Phi) is 5.54. The van der Waals surface area contributed by atoms with Crippen LogP contribution in [0.5, 0.6) is 0 Å². The zero-order chi connectivity index (χ0) is 29.0. The highest BCUT2D eigenvalue weighted by atomic mass is 16.3. The van der Waals surface area contributed by atoms with Crippen LogP contribution in [0.25, 0.3) is 82.8 Å². The van der Waals surface area contributed by atoms with E-state index in [4.69, 9.17) is 4.42 Å². The van der Waals surface area contributed by atoms with E-state index in [0.29, 0.717) is 0 Å². The summed E-state index contributed by atoms with van der Waals surface area (Å²) in [6, 6.07) is 58.7. The Labute approximate surface area is 255 Å². The SMILES string of the molecule is c1ccc(-c2cc(-c3ccc(-c4ccc5oc6ccccc6c5c4)cc3)cc(-n3c4ccccc4c4ccccc43)c2)cc1. The number of para-hydroxylation sites is 3. The fourth-order valence-corrected chi connectivity index (χ4v) is 6.67. The third-order valence-corrected chi connectivity index (χ3v) is 8.79. The summed E-state index contributed by atoms with van der Waals surface area (Å²) in [5.41, 5.74) is 12.5. The number of fused-ring (bicyclic) bond motifs is 6. The number of aromatic nitrogens is 1. The lowest BCUT2D eigenvalue weighted by molar-refractivity contribution is 0.669. The van der Waals surface area contributed by atoms with E-state index in [9.17, 15) is 0 Å². The molecule has 7 aromatic carbocycles. The van der Waals surface area contributed by atoms with Crippen LogP contribution in [0, 0.1) is 0 Å². The molecule has 0 amide bonds. The van der Waals surface area contributed by atoms with Crippen molar-refractivity contribution in [3.05, 3.63) is 164 Å². The van der Waals surface area contributed by atoms with E-state index >= 15 is 0 Å². The number of benzene rings is 7. The van der Waals surface area contributed by atoms with Gasteiger partial charge in [0.05, 0.1) is 11.0 Å². The summed E-state index contributed by atoms with van der Waals surface area (Å²) in [5.74, 6) is 0. The molecule has 0 atom stereocenters. The Morgan fingerprint density at radius 1 is 0.318 bits per heavy atom. The molecular formula is C42H27NO. The maximum absolute atomic E-state index is 6.06. The average molecular weight is 562 g/mol. The number of hydrogen-bond donors (Lipinski definition) is 0. The van der Waals surface area contributed by atoms with Crippen molar-refractivity contribution in [2.45, 2.75) is 0 Å². The van der Waals surface area contributed by atoms with Gasteiger partial charge in [-0.15, -0.1) is 0 Å². The minimum absolute atomic E-state index is 0.918. The zero-order valence-electron chi connectivity index (χ0n) is 23.9. The zero-order valence-corrected chi connectivity index (χ0v) is 23.9. The molecule has 0 radical (unpaired) electrons. The third kappa shape index (κ3) is 3.96. The normalized spacial score (nSPS) is 11.6. The summed E-state index contributed by atoms with van der Waals surface area (Å²) >= 11 is 0. The molecule has 0 N–H and O–H groups in total. The quantitative estimate of drug-likeness (QED) is 0.209. The molecular weight excluding hydrogens is 534 g/mol. The van der Waals surface area contributed by atoms with Gasteiger partial charge in [0.25, 0.3) is 0 Å². The van der Waals surface area contributed by atoms with Gasteiger partial charge in [-0.2, -0.15) is 0 Å². The van der Waals surface area contributed by atoms with Crippen molar-refractivity contribution in [2.75, 3.05) is 0 Å². The van der Waals surface area contributed by atoms with Crippen molar-refractivity contribution in [1.82, 2.24) is 4.57 Å². The van der Waals surface area contributed by atoms with Gasteiger partial charge < -0.3 is 8.98 Å².